The van der Waals surface area contributed by atoms with Crippen LogP contribution in [-0.2, 0) is 17.9 Å². The minimum Gasteiger partial charge on any atom is -0.497 e. The highest BCUT2D eigenvalue weighted by Gasteiger charge is 2.18. The molecule has 1 N–H and O–H groups in total. The Hall–Kier alpha value is -4.99. The summed E-state index contributed by atoms with van der Waals surface area (Å²) in [6.45, 7) is 3.34. The van der Waals surface area contributed by atoms with Gasteiger partial charge in [-0.15, -0.1) is 0 Å². The Labute approximate surface area is 217 Å². The highest BCUT2D eigenvalue weighted by Crippen LogP contribution is 2.20. The zero-order valence-electron chi connectivity index (χ0n) is 21.1. The van der Waals surface area contributed by atoms with Gasteiger partial charge in [-0.3, -0.25) is 18.7 Å². The van der Waals surface area contributed by atoms with Crippen molar-refractivity contribution in [3.05, 3.63) is 105 Å². The lowest BCUT2D eigenvalue weighted by Gasteiger charge is -2.14. The summed E-state index contributed by atoms with van der Waals surface area (Å²) in [6, 6.07) is 19.4. The van der Waals surface area contributed by atoms with Crippen molar-refractivity contribution in [3.63, 3.8) is 0 Å². The van der Waals surface area contributed by atoms with Crippen LogP contribution in [0.3, 0.4) is 0 Å². The molecule has 0 bridgehead atoms. The van der Waals surface area contributed by atoms with E-state index in [1.165, 1.54) is 4.57 Å². The van der Waals surface area contributed by atoms with E-state index >= 15 is 0 Å². The van der Waals surface area contributed by atoms with Crippen LogP contribution in [0.4, 0.5) is 5.69 Å². The van der Waals surface area contributed by atoms with E-state index in [1.807, 2.05) is 26.0 Å². The lowest BCUT2D eigenvalue weighted by molar-refractivity contribution is -0.116. The Morgan fingerprint density at radius 2 is 1.74 bits per heavy atom. The van der Waals surface area contributed by atoms with E-state index in [0.717, 1.165) is 15.7 Å². The number of hydrogen-bond donors (Lipinski definition) is 1. The number of carbonyl (C=O) groups is 1. The standard InChI is InChI=1S/C28H25N5O5/c1-17-7-6-9-22(18(17)2)29-24(34)15-32-23-10-5-4-8-21(23)27(35)33(28(32)36)16-25-30-26(31-38-25)19-11-13-20(37-3)14-12-19/h4-14H,15-16H2,1-3H3,(H,29,34). The van der Waals surface area contributed by atoms with E-state index in [4.69, 9.17) is 9.26 Å². The van der Waals surface area contributed by atoms with Crippen LogP contribution in [0.1, 0.15) is 17.0 Å². The van der Waals surface area contributed by atoms with Gasteiger partial charge in [0.25, 0.3) is 5.56 Å². The summed E-state index contributed by atoms with van der Waals surface area (Å²) in [5.41, 5.74) is 2.51. The molecule has 0 atom stereocenters. The molecule has 5 rings (SSSR count). The number of carbonyl (C=O) groups excluding carboxylic acids is 1. The van der Waals surface area contributed by atoms with E-state index in [2.05, 4.69) is 15.5 Å². The fourth-order valence-electron chi connectivity index (χ4n) is 4.19. The van der Waals surface area contributed by atoms with Crippen molar-refractivity contribution in [1.82, 2.24) is 19.3 Å². The van der Waals surface area contributed by atoms with Gasteiger partial charge < -0.3 is 14.6 Å². The first-order valence-electron chi connectivity index (χ1n) is 11.9. The van der Waals surface area contributed by atoms with Gasteiger partial charge in [-0.1, -0.05) is 29.4 Å². The number of methoxy groups -OCH3 is 1. The van der Waals surface area contributed by atoms with E-state index in [-0.39, 0.29) is 19.0 Å². The van der Waals surface area contributed by atoms with Gasteiger partial charge in [0.15, 0.2) is 0 Å². The van der Waals surface area contributed by atoms with Crippen LogP contribution in [0.2, 0.25) is 0 Å². The smallest absolute Gasteiger partial charge is 0.332 e. The van der Waals surface area contributed by atoms with Gasteiger partial charge in [0.1, 0.15) is 18.8 Å². The molecular formula is C28H25N5O5. The highest BCUT2D eigenvalue weighted by atomic mass is 16.5. The summed E-state index contributed by atoms with van der Waals surface area (Å²) in [5.74, 6) is 0.680. The predicted molar refractivity (Wildman–Crippen MR) is 142 cm³/mol. The minimum absolute atomic E-state index is 0.0803. The van der Waals surface area contributed by atoms with E-state index in [0.29, 0.717) is 33.7 Å². The summed E-state index contributed by atoms with van der Waals surface area (Å²) >= 11 is 0. The van der Waals surface area contributed by atoms with Gasteiger partial charge in [-0.25, -0.2) is 4.79 Å². The van der Waals surface area contributed by atoms with Gasteiger partial charge >= 0.3 is 5.69 Å². The molecule has 0 radical (unpaired) electrons. The molecule has 0 saturated carbocycles. The number of ether oxygens (including phenoxy) is 1. The molecule has 0 aliphatic heterocycles. The predicted octanol–water partition coefficient (Wildman–Crippen LogP) is 3.53. The van der Waals surface area contributed by atoms with Crippen LogP contribution >= 0.6 is 0 Å². The molecule has 3 aromatic carbocycles. The lowest BCUT2D eigenvalue weighted by atomic mass is 10.1. The molecule has 2 aromatic heterocycles. The molecule has 1 amide bonds. The first-order chi connectivity index (χ1) is 18.4. The number of aryl methyl sites for hydroxylation is 1. The Balaban J connectivity index is 1.49. The first-order valence-corrected chi connectivity index (χ1v) is 11.9. The number of para-hydroxylation sites is 1. The van der Waals surface area contributed by atoms with Gasteiger partial charge in [-0.2, -0.15) is 4.98 Å². The molecule has 10 nitrogen and oxygen atoms in total. The van der Waals surface area contributed by atoms with Crippen LogP contribution in [0.25, 0.3) is 22.3 Å². The number of hydrogen-bond acceptors (Lipinski definition) is 7. The molecule has 5 aromatic rings. The highest BCUT2D eigenvalue weighted by molar-refractivity contribution is 5.92. The number of anilines is 1. The van der Waals surface area contributed by atoms with Crippen LogP contribution < -0.4 is 21.3 Å². The Kier molecular flexibility index (Phi) is 6.61. The number of rotatable bonds is 7. The van der Waals surface area contributed by atoms with Gasteiger partial charge in [0.05, 0.1) is 18.0 Å². The van der Waals surface area contributed by atoms with Gasteiger partial charge in [-0.05, 0) is 67.4 Å². The SMILES string of the molecule is COc1ccc(-c2noc(Cn3c(=O)c4ccccc4n(CC(=O)Nc4cccc(C)c4C)c3=O)n2)cc1. The summed E-state index contributed by atoms with van der Waals surface area (Å²) in [5, 5.41) is 7.14. The van der Waals surface area contributed by atoms with Crippen LogP contribution in [0, 0.1) is 13.8 Å². The van der Waals surface area contributed by atoms with Crippen LogP contribution in [-0.4, -0.2) is 32.3 Å². The molecule has 0 unspecified atom stereocenters. The molecule has 0 aliphatic carbocycles. The monoisotopic (exact) mass is 511 g/mol. The number of fused-ring (bicyclic) bond motifs is 1. The molecule has 2 heterocycles. The number of amides is 1. The van der Waals surface area contributed by atoms with Crippen molar-refractivity contribution >= 4 is 22.5 Å². The maximum atomic E-state index is 13.5. The number of nitrogens with one attached hydrogen (secondary N) is 1. The third-order valence-corrected chi connectivity index (χ3v) is 6.42. The van der Waals surface area contributed by atoms with Crippen LogP contribution in [0.5, 0.6) is 5.75 Å². The maximum absolute atomic E-state index is 13.5. The van der Waals surface area contributed by atoms with Crippen molar-refractivity contribution in [2.24, 2.45) is 0 Å². The quantitative estimate of drug-likeness (QED) is 0.355. The average Bonchev–Trinajstić information content (AvgIpc) is 3.40. The van der Waals surface area contributed by atoms with Crippen LogP contribution in [0.15, 0.2) is 80.8 Å². The lowest BCUT2D eigenvalue weighted by Crippen LogP contribution is -2.42. The zero-order chi connectivity index (χ0) is 26.8. The summed E-state index contributed by atoms with van der Waals surface area (Å²) in [6.07, 6.45) is 0. The second-order valence-electron chi connectivity index (χ2n) is 8.81. The van der Waals surface area contributed by atoms with Crippen molar-refractivity contribution in [2.45, 2.75) is 26.9 Å². The third-order valence-electron chi connectivity index (χ3n) is 6.42. The molecule has 0 fully saturated rings. The largest absolute Gasteiger partial charge is 0.497 e. The number of nitrogens with zero attached hydrogens (tertiary/aromatic N) is 4. The van der Waals surface area contributed by atoms with E-state index in [9.17, 15) is 14.4 Å². The topological polar surface area (TPSA) is 121 Å². The second kappa shape index (κ2) is 10.2. The maximum Gasteiger partial charge on any atom is 0.332 e. The second-order valence-corrected chi connectivity index (χ2v) is 8.81. The minimum atomic E-state index is -0.658. The molecular weight excluding hydrogens is 486 g/mol. The normalized spacial score (nSPS) is 11.0. The van der Waals surface area contributed by atoms with Crippen molar-refractivity contribution in [3.8, 4) is 17.1 Å². The summed E-state index contributed by atoms with van der Waals surface area (Å²) in [7, 11) is 1.57. The molecule has 192 valence electrons. The molecule has 38 heavy (non-hydrogen) atoms. The number of benzene rings is 3. The van der Waals surface area contributed by atoms with E-state index < -0.39 is 17.2 Å². The molecule has 0 aliphatic rings. The van der Waals surface area contributed by atoms with Crippen molar-refractivity contribution < 1.29 is 14.1 Å². The van der Waals surface area contributed by atoms with Gasteiger partial charge in [0, 0.05) is 11.3 Å². The fraction of sp³-hybridized carbons (Fsp3) is 0.179. The summed E-state index contributed by atoms with van der Waals surface area (Å²) < 4.78 is 12.8. The fourth-order valence-corrected chi connectivity index (χ4v) is 4.19. The van der Waals surface area contributed by atoms with E-state index in [1.54, 1.807) is 61.7 Å². The van der Waals surface area contributed by atoms with Crippen molar-refractivity contribution in [2.75, 3.05) is 12.4 Å². The summed E-state index contributed by atoms with van der Waals surface area (Å²) in [4.78, 5) is 44.1. The first kappa shape index (κ1) is 24.7. The molecule has 0 saturated heterocycles. The van der Waals surface area contributed by atoms with Gasteiger partial charge in [0.2, 0.25) is 17.6 Å². The van der Waals surface area contributed by atoms with Crippen molar-refractivity contribution in [1.29, 1.82) is 0 Å². The Morgan fingerprint density at radius 1 is 0.974 bits per heavy atom. The molecule has 0 spiro atoms. The third kappa shape index (κ3) is 4.71. The Morgan fingerprint density at radius 3 is 2.50 bits per heavy atom. The molecule has 10 heteroatoms. The zero-order valence-corrected chi connectivity index (χ0v) is 21.1. The Bertz CT molecular complexity index is 1770. The number of aromatic nitrogens is 4. The average molecular weight is 512 g/mol.